The second-order valence-corrected chi connectivity index (χ2v) is 10.3. The predicted molar refractivity (Wildman–Crippen MR) is 160 cm³/mol. The van der Waals surface area contributed by atoms with Gasteiger partial charge >= 0.3 is 0 Å². The number of carbonyl (C=O) groups excluding carboxylic acids is 1. The van der Waals surface area contributed by atoms with E-state index in [1.165, 1.54) is 18.4 Å². The van der Waals surface area contributed by atoms with Crippen LogP contribution in [0.4, 0.5) is 0 Å². The van der Waals surface area contributed by atoms with E-state index in [0.29, 0.717) is 23.1 Å². The van der Waals surface area contributed by atoms with Gasteiger partial charge in [0.05, 0.1) is 41.1 Å². The number of hydrogen-bond donors (Lipinski definition) is 1. The summed E-state index contributed by atoms with van der Waals surface area (Å²) in [5.41, 5.74) is 6.06. The second kappa shape index (κ2) is 12.7. The van der Waals surface area contributed by atoms with Crippen LogP contribution in [-0.2, 0) is 13.1 Å². The van der Waals surface area contributed by atoms with Gasteiger partial charge in [0, 0.05) is 18.3 Å². The Morgan fingerprint density at radius 2 is 1.85 bits per heavy atom. The van der Waals surface area contributed by atoms with Gasteiger partial charge in [0.1, 0.15) is 0 Å². The van der Waals surface area contributed by atoms with Crippen molar-refractivity contribution in [1.82, 2.24) is 30.0 Å². The van der Waals surface area contributed by atoms with Crippen LogP contribution < -0.4 is 5.32 Å². The van der Waals surface area contributed by atoms with Crippen LogP contribution in [0.5, 0.6) is 0 Å². The minimum absolute atomic E-state index is 0.147. The van der Waals surface area contributed by atoms with Crippen LogP contribution in [-0.4, -0.2) is 44.1 Å². The van der Waals surface area contributed by atoms with Crippen molar-refractivity contribution in [2.24, 2.45) is 0 Å². The lowest BCUT2D eigenvalue weighted by molar-refractivity contribution is 0.0941. The minimum Gasteiger partial charge on any atom is -0.345 e. The molecule has 0 spiro atoms. The van der Waals surface area contributed by atoms with E-state index in [1.54, 1.807) is 12.4 Å². The highest BCUT2D eigenvalue weighted by Crippen LogP contribution is 2.27. The molecule has 40 heavy (non-hydrogen) atoms. The molecular weight excluding hydrogens is 496 g/mol. The Morgan fingerprint density at radius 3 is 2.62 bits per heavy atom. The maximum atomic E-state index is 13.7. The first-order valence-corrected chi connectivity index (χ1v) is 13.9. The molecule has 7 nitrogen and oxygen atoms in total. The molecule has 3 heterocycles. The Bertz CT molecular complexity index is 1560. The van der Waals surface area contributed by atoms with E-state index in [2.05, 4.69) is 58.5 Å². The van der Waals surface area contributed by atoms with E-state index in [0.717, 1.165) is 35.6 Å². The molecule has 5 aromatic rings. The third-order valence-electron chi connectivity index (χ3n) is 7.11. The molecule has 0 radical (unpaired) electrons. The zero-order valence-electron chi connectivity index (χ0n) is 23.4. The number of nitrogens with zero attached hydrogens (tertiary/aromatic N) is 5. The smallest absolute Gasteiger partial charge is 0.252 e. The van der Waals surface area contributed by atoms with Gasteiger partial charge in [-0.25, -0.2) is 9.67 Å². The molecule has 0 fully saturated rings. The predicted octanol–water partition coefficient (Wildman–Crippen LogP) is 6.26. The Balaban J connectivity index is 1.53. The highest BCUT2D eigenvalue weighted by Gasteiger charge is 2.20. The lowest BCUT2D eigenvalue weighted by Gasteiger charge is -2.17. The molecule has 5 rings (SSSR count). The molecule has 1 N–H and O–H groups in total. The van der Waals surface area contributed by atoms with Crippen molar-refractivity contribution in [3.63, 3.8) is 0 Å². The van der Waals surface area contributed by atoms with E-state index in [9.17, 15) is 4.79 Å². The van der Waals surface area contributed by atoms with Crippen molar-refractivity contribution in [2.75, 3.05) is 13.6 Å². The largest absolute Gasteiger partial charge is 0.345 e. The number of benzene rings is 2. The molecule has 0 unspecified atom stereocenters. The molecular formula is C33H36N6O. The molecule has 0 aliphatic heterocycles. The Morgan fingerprint density at radius 1 is 1.02 bits per heavy atom. The second-order valence-electron chi connectivity index (χ2n) is 10.3. The van der Waals surface area contributed by atoms with Gasteiger partial charge in [-0.1, -0.05) is 67.9 Å². The van der Waals surface area contributed by atoms with Crippen LogP contribution in [0.1, 0.15) is 59.9 Å². The number of unbranched alkanes of at least 4 members (excludes halogenated alkanes) is 1. The minimum atomic E-state index is -0.155. The van der Waals surface area contributed by atoms with E-state index >= 15 is 0 Å². The van der Waals surface area contributed by atoms with Gasteiger partial charge in [-0.05, 0) is 62.3 Å². The van der Waals surface area contributed by atoms with Crippen LogP contribution in [0.15, 0.2) is 91.3 Å². The van der Waals surface area contributed by atoms with Gasteiger partial charge in [0.15, 0.2) is 5.65 Å². The molecule has 0 saturated carbocycles. The summed E-state index contributed by atoms with van der Waals surface area (Å²) in [6.07, 6.45) is 5.85. The van der Waals surface area contributed by atoms with E-state index in [4.69, 9.17) is 4.98 Å². The van der Waals surface area contributed by atoms with Gasteiger partial charge in [-0.2, -0.15) is 5.10 Å². The number of carbonyl (C=O) groups is 1. The molecule has 0 bridgehead atoms. The summed E-state index contributed by atoms with van der Waals surface area (Å²) >= 11 is 0. The van der Waals surface area contributed by atoms with Crippen LogP contribution in [0, 0.1) is 0 Å². The van der Waals surface area contributed by atoms with Crippen molar-refractivity contribution >= 4 is 16.9 Å². The van der Waals surface area contributed by atoms with Crippen molar-refractivity contribution in [2.45, 2.75) is 45.8 Å². The van der Waals surface area contributed by atoms with Crippen molar-refractivity contribution in [1.29, 1.82) is 0 Å². The van der Waals surface area contributed by atoms with Gasteiger partial charge in [-0.3, -0.25) is 9.78 Å². The van der Waals surface area contributed by atoms with Crippen LogP contribution in [0.3, 0.4) is 0 Å². The number of nitrogens with one attached hydrogen (secondary N) is 1. The number of rotatable bonds is 11. The highest BCUT2D eigenvalue weighted by atomic mass is 16.1. The summed E-state index contributed by atoms with van der Waals surface area (Å²) in [5.74, 6) is -0.155. The first kappa shape index (κ1) is 27.2. The zero-order valence-corrected chi connectivity index (χ0v) is 23.4. The normalized spacial score (nSPS) is 12.1. The fourth-order valence-corrected chi connectivity index (χ4v) is 4.89. The third-order valence-corrected chi connectivity index (χ3v) is 7.11. The van der Waals surface area contributed by atoms with E-state index < -0.39 is 0 Å². The molecule has 204 valence electrons. The number of aromatic nitrogens is 4. The summed E-state index contributed by atoms with van der Waals surface area (Å²) in [6.45, 7) is 6.58. The van der Waals surface area contributed by atoms with Crippen molar-refractivity contribution < 1.29 is 4.79 Å². The Hall–Kier alpha value is -4.36. The molecule has 2 aromatic carbocycles. The average Bonchev–Trinajstić information content (AvgIpc) is 3.39. The molecule has 0 saturated heterocycles. The number of pyridine rings is 2. The molecule has 1 atom stereocenters. The number of amides is 1. The SMILES string of the molecule is CCCCN(C)Cc1cccc(-c2cc(C(=O)N[C@@H](C)c3ccccc3)c3cnn(Cc4ccccn4)c3n2)c1. The summed E-state index contributed by atoms with van der Waals surface area (Å²) in [4.78, 5) is 25.5. The molecule has 1 amide bonds. The maximum Gasteiger partial charge on any atom is 0.252 e. The highest BCUT2D eigenvalue weighted by molar-refractivity contribution is 6.06. The standard InChI is InChI=1S/C33H36N6O/c1-4-5-18-38(3)22-25-12-11-15-27(19-25)31-20-29(33(40)36-24(2)26-13-7-6-8-14-26)30-21-35-39(32(30)37-31)23-28-16-9-10-17-34-28/h6-17,19-21,24H,4-5,18,22-23H2,1-3H3,(H,36,40)/t24-/m0/s1. The molecule has 3 aromatic heterocycles. The maximum absolute atomic E-state index is 13.7. The van der Waals surface area contributed by atoms with Gasteiger partial charge in [0.25, 0.3) is 5.91 Å². The molecule has 0 aliphatic rings. The van der Waals surface area contributed by atoms with Crippen LogP contribution in [0.2, 0.25) is 0 Å². The van der Waals surface area contributed by atoms with E-state index in [1.807, 2.05) is 66.2 Å². The lowest BCUT2D eigenvalue weighted by Crippen LogP contribution is -2.27. The third kappa shape index (κ3) is 6.43. The lowest BCUT2D eigenvalue weighted by atomic mass is 10.0. The van der Waals surface area contributed by atoms with Gasteiger partial charge in [-0.15, -0.1) is 0 Å². The van der Waals surface area contributed by atoms with Crippen LogP contribution in [0.25, 0.3) is 22.3 Å². The topological polar surface area (TPSA) is 75.9 Å². The number of fused-ring (bicyclic) bond motifs is 1. The fourth-order valence-electron chi connectivity index (χ4n) is 4.89. The zero-order chi connectivity index (χ0) is 27.9. The van der Waals surface area contributed by atoms with E-state index in [-0.39, 0.29) is 11.9 Å². The van der Waals surface area contributed by atoms with Crippen molar-refractivity contribution in [3.8, 4) is 11.3 Å². The monoisotopic (exact) mass is 532 g/mol. The molecule has 0 aliphatic carbocycles. The summed E-state index contributed by atoms with van der Waals surface area (Å²) in [6, 6.07) is 26.0. The first-order valence-electron chi connectivity index (χ1n) is 13.9. The van der Waals surface area contributed by atoms with Crippen LogP contribution >= 0.6 is 0 Å². The number of hydrogen-bond acceptors (Lipinski definition) is 5. The Kier molecular flexibility index (Phi) is 8.62. The van der Waals surface area contributed by atoms with Gasteiger partial charge in [0.2, 0.25) is 0 Å². The summed E-state index contributed by atoms with van der Waals surface area (Å²) in [7, 11) is 2.15. The first-order chi connectivity index (χ1) is 19.5. The summed E-state index contributed by atoms with van der Waals surface area (Å²) in [5, 5.41) is 8.51. The quantitative estimate of drug-likeness (QED) is 0.217. The average molecular weight is 533 g/mol. The van der Waals surface area contributed by atoms with Gasteiger partial charge < -0.3 is 10.2 Å². The Labute approximate surface area is 235 Å². The fraction of sp³-hybridized carbons (Fsp3) is 0.273. The summed E-state index contributed by atoms with van der Waals surface area (Å²) < 4.78 is 1.82. The molecule has 7 heteroatoms. The van der Waals surface area contributed by atoms with Crippen molar-refractivity contribution in [3.05, 3.63) is 114 Å².